The third-order valence-corrected chi connectivity index (χ3v) is 5.62. The second-order valence-electron chi connectivity index (χ2n) is 7.70. The van der Waals surface area contributed by atoms with Gasteiger partial charge in [0.15, 0.2) is 5.78 Å². The van der Waals surface area contributed by atoms with Crippen LogP contribution in [0.5, 0.6) is 5.75 Å². The van der Waals surface area contributed by atoms with Crippen molar-refractivity contribution in [2.24, 2.45) is 0 Å². The van der Waals surface area contributed by atoms with E-state index in [0.29, 0.717) is 17.9 Å². The smallest absolute Gasteiger partial charge is 0.418 e. The van der Waals surface area contributed by atoms with Crippen LogP contribution < -0.4 is 15.6 Å². The number of Topliss-reactive ketones (excluding diaryl/α,β-unsaturated/α-hetero) is 1. The molecule has 3 aromatic rings. The van der Waals surface area contributed by atoms with Crippen LogP contribution in [-0.4, -0.2) is 23.8 Å². The van der Waals surface area contributed by atoms with Crippen molar-refractivity contribution in [1.82, 2.24) is 4.98 Å². The Kier molecular flexibility index (Phi) is 5.80. The molecule has 1 amide bonds. The van der Waals surface area contributed by atoms with Crippen LogP contribution in [0.1, 0.15) is 49.9 Å². The number of anilines is 1. The molecule has 0 bridgehead atoms. The van der Waals surface area contributed by atoms with Gasteiger partial charge in [0.25, 0.3) is 11.5 Å². The zero-order valence-corrected chi connectivity index (χ0v) is 17.5. The van der Waals surface area contributed by atoms with Crippen molar-refractivity contribution in [2.75, 3.05) is 12.4 Å². The molecule has 9 heteroatoms. The number of amides is 1. The SMILES string of the molecule is COc1ccc(C2CC(=O)c3cc(C(=O)Nc4ccccc4C(F)(F)F)c(=O)[nH]c3C2)cc1. The lowest BCUT2D eigenvalue weighted by Crippen LogP contribution is -2.29. The van der Waals surface area contributed by atoms with Gasteiger partial charge in [-0.25, -0.2) is 0 Å². The summed E-state index contributed by atoms with van der Waals surface area (Å²) in [5, 5.41) is 2.14. The summed E-state index contributed by atoms with van der Waals surface area (Å²) in [6.07, 6.45) is -4.14. The van der Waals surface area contributed by atoms with Gasteiger partial charge in [-0.3, -0.25) is 14.4 Å². The van der Waals surface area contributed by atoms with E-state index in [2.05, 4.69) is 10.3 Å². The highest BCUT2D eigenvalue weighted by Gasteiger charge is 2.34. The molecule has 0 fully saturated rings. The average Bonchev–Trinajstić information content (AvgIpc) is 2.78. The van der Waals surface area contributed by atoms with E-state index in [1.807, 2.05) is 12.1 Å². The van der Waals surface area contributed by atoms with E-state index in [-0.39, 0.29) is 23.7 Å². The standard InChI is InChI=1S/C24H19F3N2O4/c1-33-15-8-6-13(7-9-15)14-10-20-16(21(30)11-14)12-17(23(32)29-20)22(31)28-19-5-3-2-4-18(19)24(25,26)27/h2-9,12,14H,10-11H2,1H3,(H,28,31)(H,29,32). The van der Waals surface area contributed by atoms with Gasteiger partial charge in [-0.1, -0.05) is 24.3 Å². The highest BCUT2D eigenvalue weighted by Crippen LogP contribution is 2.35. The van der Waals surface area contributed by atoms with Crippen LogP contribution in [-0.2, 0) is 12.6 Å². The molecule has 1 heterocycles. The fourth-order valence-corrected chi connectivity index (χ4v) is 3.94. The molecule has 1 atom stereocenters. The number of hydrogen-bond donors (Lipinski definition) is 2. The number of carbonyl (C=O) groups excluding carboxylic acids is 2. The van der Waals surface area contributed by atoms with E-state index < -0.39 is 34.5 Å². The zero-order valence-electron chi connectivity index (χ0n) is 17.5. The summed E-state index contributed by atoms with van der Waals surface area (Å²) >= 11 is 0. The number of para-hydroxylation sites is 1. The molecule has 33 heavy (non-hydrogen) atoms. The maximum atomic E-state index is 13.2. The number of ether oxygens (including phenoxy) is 1. The van der Waals surface area contributed by atoms with E-state index >= 15 is 0 Å². The quantitative estimate of drug-likeness (QED) is 0.602. The maximum absolute atomic E-state index is 13.2. The number of alkyl halides is 3. The van der Waals surface area contributed by atoms with Gasteiger partial charge < -0.3 is 15.0 Å². The van der Waals surface area contributed by atoms with Crippen LogP contribution in [0.15, 0.2) is 59.4 Å². The van der Waals surface area contributed by atoms with Crippen molar-refractivity contribution in [3.8, 4) is 5.75 Å². The van der Waals surface area contributed by atoms with E-state index in [1.54, 1.807) is 19.2 Å². The van der Waals surface area contributed by atoms with Gasteiger partial charge in [-0.15, -0.1) is 0 Å². The normalized spacial score (nSPS) is 15.6. The van der Waals surface area contributed by atoms with Gasteiger partial charge in [-0.05, 0) is 48.2 Å². The average molecular weight is 456 g/mol. The molecule has 0 spiro atoms. The number of pyridine rings is 1. The van der Waals surface area contributed by atoms with Crippen molar-refractivity contribution < 1.29 is 27.5 Å². The number of ketones is 1. The predicted molar refractivity (Wildman–Crippen MR) is 115 cm³/mol. The zero-order chi connectivity index (χ0) is 23.8. The third-order valence-electron chi connectivity index (χ3n) is 5.62. The Labute approximate surface area is 186 Å². The molecule has 0 saturated carbocycles. The van der Waals surface area contributed by atoms with E-state index in [0.717, 1.165) is 23.8 Å². The first-order chi connectivity index (χ1) is 15.7. The Balaban J connectivity index is 1.61. The van der Waals surface area contributed by atoms with Crippen molar-refractivity contribution >= 4 is 17.4 Å². The number of rotatable bonds is 4. The third kappa shape index (κ3) is 4.52. The van der Waals surface area contributed by atoms with Gasteiger partial charge in [0, 0.05) is 17.7 Å². The minimum Gasteiger partial charge on any atom is -0.497 e. The number of benzene rings is 2. The lowest BCUT2D eigenvalue weighted by molar-refractivity contribution is -0.136. The molecule has 0 aliphatic heterocycles. The number of carbonyl (C=O) groups is 2. The first-order valence-electron chi connectivity index (χ1n) is 10.1. The van der Waals surface area contributed by atoms with Crippen LogP contribution in [0.4, 0.5) is 18.9 Å². The fourth-order valence-electron chi connectivity index (χ4n) is 3.94. The van der Waals surface area contributed by atoms with Crippen LogP contribution in [0.25, 0.3) is 0 Å². The fraction of sp³-hybridized carbons (Fsp3) is 0.208. The minimum atomic E-state index is -4.68. The maximum Gasteiger partial charge on any atom is 0.418 e. The molecule has 2 N–H and O–H groups in total. The summed E-state index contributed by atoms with van der Waals surface area (Å²) in [4.78, 5) is 40.6. The molecule has 0 saturated heterocycles. The highest BCUT2D eigenvalue weighted by molar-refractivity contribution is 6.07. The van der Waals surface area contributed by atoms with E-state index in [1.165, 1.54) is 12.1 Å². The molecule has 1 unspecified atom stereocenters. The Morgan fingerprint density at radius 1 is 1.06 bits per heavy atom. The molecule has 4 rings (SSSR count). The van der Waals surface area contributed by atoms with Crippen molar-refractivity contribution in [3.63, 3.8) is 0 Å². The van der Waals surface area contributed by atoms with Crippen molar-refractivity contribution in [3.05, 3.63) is 92.9 Å². The topological polar surface area (TPSA) is 88.3 Å². The molecule has 1 aromatic heterocycles. The number of fused-ring (bicyclic) bond motifs is 1. The number of aromatic amines is 1. The molecule has 1 aliphatic rings. The highest BCUT2D eigenvalue weighted by atomic mass is 19.4. The second-order valence-corrected chi connectivity index (χ2v) is 7.70. The summed E-state index contributed by atoms with van der Waals surface area (Å²) < 4.78 is 44.8. The molecule has 170 valence electrons. The molecular formula is C24H19F3N2O4. The Bertz CT molecular complexity index is 1280. The van der Waals surface area contributed by atoms with Crippen LogP contribution >= 0.6 is 0 Å². The monoisotopic (exact) mass is 456 g/mol. The lowest BCUT2D eigenvalue weighted by atomic mass is 9.81. The number of hydrogen-bond acceptors (Lipinski definition) is 4. The molecule has 0 radical (unpaired) electrons. The van der Waals surface area contributed by atoms with Crippen LogP contribution in [0.2, 0.25) is 0 Å². The van der Waals surface area contributed by atoms with Gasteiger partial charge in [0.2, 0.25) is 0 Å². The first-order valence-corrected chi connectivity index (χ1v) is 10.1. The number of aromatic nitrogens is 1. The van der Waals surface area contributed by atoms with Crippen molar-refractivity contribution in [1.29, 1.82) is 0 Å². The summed E-state index contributed by atoms with van der Waals surface area (Å²) in [7, 11) is 1.55. The van der Waals surface area contributed by atoms with Gasteiger partial charge in [0.1, 0.15) is 11.3 Å². The number of halogens is 3. The number of nitrogens with one attached hydrogen (secondary N) is 2. The Morgan fingerprint density at radius 3 is 2.42 bits per heavy atom. The summed E-state index contributed by atoms with van der Waals surface area (Å²) in [6.45, 7) is 0. The Morgan fingerprint density at radius 2 is 1.76 bits per heavy atom. The largest absolute Gasteiger partial charge is 0.497 e. The first kappa shape index (κ1) is 22.3. The van der Waals surface area contributed by atoms with Crippen molar-refractivity contribution in [2.45, 2.75) is 24.9 Å². The van der Waals surface area contributed by atoms with E-state index in [4.69, 9.17) is 4.74 Å². The summed E-state index contributed by atoms with van der Waals surface area (Å²) in [5.74, 6) is -0.777. The van der Waals surface area contributed by atoms with Gasteiger partial charge >= 0.3 is 6.18 Å². The van der Waals surface area contributed by atoms with Gasteiger partial charge in [-0.2, -0.15) is 13.2 Å². The molecule has 2 aromatic carbocycles. The lowest BCUT2D eigenvalue weighted by Gasteiger charge is -2.24. The molecule has 1 aliphatic carbocycles. The predicted octanol–water partition coefficient (Wildman–Crippen LogP) is 4.57. The molecular weight excluding hydrogens is 437 g/mol. The van der Waals surface area contributed by atoms with E-state index in [9.17, 15) is 27.6 Å². The summed E-state index contributed by atoms with van der Waals surface area (Å²) in [6, 6.07) is 12.9. The second kappa shape index (κ2) is 8.57. The van der Waals surface area contributed by atoms with Crippen LogP contribution in [0, 0.1) is 0 Å². The number of H-pyrrole nitrogens is 1. The number of methoxy groups -OCH3 is 1. The minimum absolute atomic E-state index is 0.162. The molecule has 6 nitrogen and oxygen atoms in total. The summed E-state index contributed by atoms with van der Waals surface area (Å²) in [5.41, 5.74) is -1.23. The Hall–Kier alpha value is -3.88. The van der Waals surface area contributed by atoms with Gasteiger partial charge in [0.05, 0.1) is 18.4 Å². The van der Waals surface area contributed by atoms with Crippen LogP contribution in [0.3, 0.4) is 0 Å².